The molecule has 2 aliphatic rings. The molecule has 3 aromatic rings. The number of hydrogen-bond acceptors (Lipinski definition) is 6. The predicted octanol–water partition coefficient (Wildman–Crippen LogP) is 3.53. The van der Waals surface area contributed by atoms with Crippen molar-refractivity contribution in [2.24, 2.45) is 17.1 Å². The molecule has 0 radical (unpaired) electrons. The van der Waals surface area contributed by atoms with Crippen molar-refractivity contribution < 1.29 is 14.7 Å². The molecule has 0 bridgehead atoms. The maximum atomic E-state index is 13.9. The Balaban J connectivity index is 1.57. The number of aliphatic hydroxyl groups is 1. The van der Waals surface area contributed by atoms with E-state index in [4.69, 9.17) is 5.73 Å². The largest absolute Gasteiger partial charge is 0.391 e. The molecule has 40 heavy (non-hydrogen) atoms. The van der Waals surface area contributed by atoms with E-state index < -0.39 is 23.3 Å². The number of aromatic nitrogens is 2. The highest BCUT2D eigenvalue weighted by Gasteiger charge is 2.50. The van der Waals surface area contributed by atoms with Crippen LogP contribution in [0.1, 0.15) is 35.5 Å². The summed E-state index contributed by atoms with van der Waals surface area (Å²) in [4.78, 5) is 33.7. The lowest BCUT2D eigenvalue weighted by atomic mass is 9.63. The van der Waals surface area contributed by atoms with Crippen LogP contribution < -0.4 is 11.1 Å². The molecule has 210 valence electrons. The second kappa shape index (κ2) is 11.9. The Kier molecular flexibility index (Phi) is 8.35. The van der Waals surface area contributed by atoms with E-state index in [-0.39, 0.29) is 18.4 Å². The van der Waals surface area contributed by atoms with Crippen molar-refractivity contribution in [1.82, 2.24) is 19.8 Å². The van der Waals surface area contributed by atoms with Gasteiger partial charge in [-0.1, -0.05) is 30.3 Å². The highest BCUT2D eigenvalue weighted by atomic mass is 32.1. The number of aryl methyl sites for hydroxylation is 1. The van der Waals surface area contributed by atoms with Gasteiger partial charge >= 0.3 is 0 Å². The zero-order chi connectivity index (χ0) is 28.3. The predicted molar refractivity (Wildman–Crippen MR) is 157 cm³/mol. The SMILES string of the molecule is Cc1csc(CN(C)C(=O)C2=CC(n3cccc3)=CC(C(N)=O)([C@H](Cc3ccccc3)[C@@H](O)[C@H]3CCCN3)C2)n1. The lowest BCUT2D eigenvalue weighted by Crippen LogP contribution is -2.53. The number of nitrogens with zero attached hydrogens (tertiary/aromatic N) is 3. The summed E-state index contributed by atoms with van der Waals surface area (Å²) in [5.41, 5.74) is 8.07. The molecule has 0 saturated carbocycles. The van der Waals surface area contributed by atoms with Crippen LogP contribution in [0.25, 0.3) is 5.70 Å². The molecular formula is C31H37N5O3S. The third kappa shape index (κ3) is 5.82. The lowest BCUT2D eigenvalue weighted by Gasteiger charge is -2.43. The number of nitrogens with two attached hydrogens (primary N) is 1. The van der Waals surface area contributed by atoms with Gasteiger partial charge in [0.1, 0.15) is 5.01 Å². The fraction of sp³-hybridized carbons (Fsp3) is 0.387. The number of nitrogens with one attached hydrogen (secondary N) is 1. The molecule has 9 heteroatoms. The van der Waals surface area contributed by atoms with Gasteiger partial charge in [-0.2, -0.15) is 0 Å². The molecule has 1 fully saturated rings. The van der Waals surface area contributed by atoms with Crippen LogP contribution in [0, 0.1) is 18.3 Å². The van der Waals surface area contributed by atoms with Crippen LogP contribution in [0.4, 0.5) is 0 Å². The Morgan fingerprint density at radius 1 is 1.25 bits per heavy atom. The Morgan fingerprint density at radius 3 is 2.62 bits per heavy atom. The van der Waals surface area contributed by atoms with Crippen molar-refractivity contribution in [2.45, 2.75) is 51.3 Å². The number of rotatable bonds is 10. The molecule has 4 N–H and O–H groups in total. The van der Waals surface area contributed by atoms with Gasteiger partial charge in [0.2, 0.25) is 11.8 Å². The van der Waals surface area contributed by atoms with Gasteiger partial charge in [0.05, 0.1) is 18.1 Å². The fourth-order valence-corrected chi connectivity index (χ4v) is 6.85. The standard InChI is InChI=1S/C31H37N5O3S/c1-21-20-40-27(34-21)19-35(2)29(38)23-16-24(36-13-6-7-14-36)18-31(17-23,30(32)39)25(15-22-9-4-3-5-10-22)28(37)26-11-8-12-33-26/h3-7,9-10,13-14,16,18,20,25-26,28,33,37H,8,11-12,15,17,19H2,1-2H3,(H2,32,39)/t25-,26-,28-,31?/m1/s1. The number of thiazole rings is 1. The van der Waals surface area contributed by atoms with Gasteiger partial charge in [-0.25, -0.2) is 4.98 Å². The van der Waals surface area contributed by atoms with Gasteiger partial charge in [0.25, 0.3) is 0 Å². The topological polar surface area (TPSA) is 113 Å². The normalized spacial score (nSPS) is 22.3. The molecule has 8 nitrogen and oxygen atoms in total. The second-order valence-electron chi connectivity index (χ2n) is 10.9. The molecular weight excluding hydrogens is 522 g/mol. The van der Waals surface area contributed by atoms with Crippen LogP contribution in [0.5, 0.6) is 0 Å². The van der Waals surface area contributed by atoms with Gasteiger partial charge in [-0.15, -0.1) is 11.3 Å². The summed E-state index contributed by atoms with van der Waals surface area (Å²) in [6.07, 6.45) is 8.95. The number of amides is 2. The third-order valence-electron chi connectivity index (χ3n) is 8.12. The van der Waals surface area contributed by atoms with E-state index in [0.29, 0.717) is 24.2 Å². The maximum absolute atomic E-state index is 13.9. The number of likely N-dealkylation sites (N-methyl/N-ethyl adjacent to an activating group) is 1. The number of primary amides is 1. The Labute approximate surface area is 239 Å². The van der Waals surface area contributed by atoms with E-state index in [0.717, 1.165) is 35.7 Å². The summed E-state index contributed by atoms with van der Waals surface area (Å²) in [6.45, 7) is 3.11. The third-order valence-corrected chi connectivity index (χ3v) is 9.07. The molecule has 1 aliphatic heterocycles. The Morgan fingerprint density at radius 2 is 2.00 bits per heavy atom. The lowest BCUT2D eigenvalue weighted by molar-refractivity contribution is -0.132. The second-order valence-corrected chi connectivity index (χ2v) is 11.9. The van der Waals surface area contributed by atoms with E-state index in [2.05, 4.69) is 10.3 Å². The van der Waals surface area contributed by atoms with Crippen molar-refractivity contribution in [3.05, 3.63) is 94.2 Å². The highest BCUT2D eigenvalue weighted by molar-refractivity contribution is 7.09. The molecule has 2 aromatic heterocycles. The minimum atomic E-state index is -1.29. The molecule has 3 heterocycles. The first kappa shape index (κ1) is 28.0. The number of aliphatic hydroxyl groups excluding tert-OH is 1. The molecule has 1 aliphatic carbocycles. The number of carbonyl (C=O) groups is 2. The minimum Gasteiger partial charge on any atom is -0.391 e. The van der Waals surface area contributed by atoms with Crippen molar-refractivity contribution in [3.63, 3.8) is 0 Å². The number of hydrogen-bond donors (Lipinski definition) is 3. The van der Waals surface area contributed by atoms with E-state index in [1.165, 1.54) is 11.3 Å². The smallest absolute Gasteiger partial charge is 0.250 e. The monoisotopic (exact) mass is 559 g/mol. The van der Waals surface area contributed by atoms with Gasteiger partial charge in [-0.3, -0.25) is 9.59 Å². The van der Waals surface area contributed by atoms with Crippen LogP contribution in [-0.2, 0) is 22.6 Å². The summed E-state index contributed by atoms with van der Waals surface area (Å²) >= 11 is 1.52. The van der Waals surface area contributed by atoms with Crippen LogP contribution in [0.3, 0.4) is 0 Å². The number of carbonyl (C=O) groups excluding carboxylic acids is 2. The first-order valence-electron chi connectivity index (χ1n) is 13.8. The van der Waals surface area contributed by atoms with E-state index in [1.54, 1.807) is 11.9 Å². The zero-order valence-corrected chi connectivity index (χ0v) is 23.8. The Hall–Kier alpha value is -3.53. The van der Waals surface area contributed by atoms with E-state index in [1.807, 2.05) is 83.9 Å². The van der Waals surface area contributed by atoms with Crippen molar-refractivity contribution in [2.75, 3.05) is 13.6 Å². The van der Waals surface area contributed by atoms with Crippen LogP contribution in [0.2, 0.25) is 0 Å². The van der Waals surface area contributed by atoms with Crippen molar-refractivity contribution in [1.29, 1.82) is 0 Å². The molecule has 1 unspecified atom stereocenters. The number of benzene rings is 1. The fourth-order valence-electron chi connectivity index (χ4n) is 6.03. The summed E-state index contributed by atoms with van der Waals surface area (Å²) in [7, 11) is 1.75. The quantitative estimate of drug-likeness (QED) is 0.352. The van der Waals surface area contributed by atoms with Gasteiger partial charge in [0.15, 0.2) is 0 Å². The van der Waals surface area contributed by atoms with Gasteiger partial charge in [0, 0.05) is 53.7 Å². The summed E-state index contributed by atoms with van der Waals surface area (Å²) in [5, 5.41) is 18.1. The molecule has 1 aromatic carbocycles. The summed E-state index contributed by atoms with van der Waals surface area (Å²) in [6, 6.07) is 13.5. The zero-order valence-electron chi connectivity index (χ0n) is 23.0. The average molecular weight is 560 g/mol. The maximum Gasteiger partial charge on any atom is 0.250 e. The van der Waals surface area contributed by atoms with Crippen molar-refractivity contribution >= 4 is 28.8 Å². The van der Waals surface area contributed by atoms with Crippen molar-refractivity contribution in [3.8, 4) is 0 Å². The molecule has 2 amide bonds. The van der Waals surface area contributed by atoms with Crippen LogP contribution in [-0.4, -0.2) is 57.1 Å². The average Bonchev–Trinajstić information content (AvgIpc) is 3.75. The Bertz CT molecular complexity index is 1390. The highest BCUT2D eigenvalue weighted by Crippen LogP contribution is 2.46. The summed E-state index contributed by atoms with van der Waals surface area (Å²) < 4.78 is 1.88. The van der Waals surface area contributed by atoms with Crippen LogP contribution in [0.15, 0.2) is 78.0 Å². The van der Waals surface area contributed by atoms with Crippen LogP contribution >= 0.6 is 11.3 Å². The van der Waals surface area contributed by atoms with E-state index in [9.17, 15) is 14.7 Å². The number of allylic oxidation sites excluding steroid dienone is 2. The van der Waals surface area contributed by atoms with E-state index >= 15 is 0 Å². The van der Waals surface area contributed by atoms with Gasteiger partial charge in [-0.05, 0) is 69.0 Å². The van der Waals surface area contributed by atoms with Gasteiger partial charge < -0.3 is 25.6 Å². The minimum absolute atomic E-state index is 0.106. The first-order chi connectivity index (χ1) is 19.3. The first-order valence-corrected chi connectivity index (χ1v) is 14.6. The molecule has 4 atom stereocenters. The summed E-state index contributed by atoms with van der Waals surface area (Å²) in [5.74, 6) is -1.30. The molecule has 1 saturated heterocycles. The molecule has 5 rings (SSSR count). The molecule has 0 spiro atoms.